The average Bonchev–Trinajstić information content (AvgIpc) is 2.74. The van der Waals surface area contributed by atoms with Crippen molar-refractivity contribution in [1.82, 2.24) is 19.5 Å². The summed E-state index contributed by atoms with van der Waals surface area (Å²) in [4.78, 5) is 34.3. The van der Waals surface area contributed by atoms with E-state index >= 15 is 0 Å². The van der Waals surface area contributed by atoms with Crippen LogP contribution in [0.5, 0.6) is 0 Å². The minimum atomic E-state index is -0.549. The number of benzene rings is 1. The second-order valence-electron chi connectivity index (χ2n) is 3.81. The highest BCUT2D eigenvalue weighted by Gasteiger charge is 2.17. The number of para-hydroxylation sites is 2. The van der Waals surface area contributed by atoms with E-state index in [2.05, 4.69) is 15.0 Å². The van der Waals surface area contributed by atoms with Crippen LogP contribution in [0.2, 0.25) is 5.15 Å². The molecule has 1 N–H and O–H groups in total. The number of aromatic nitrogens is 4. The summed E-state index contributed by atoms with van der Waals surface area (Å²) < 4.78 is 1.02. The van der Waals surface area contributed by atoms with Crippen molar-refractivity contribution >= 4 is 28.5 Å². The minimum Gasteiger partial charge on any atom is -0.305 e. The van der Waals surface area contributed by atoms with Gasteiger partial charge < -0.3 is 4.98 Å². The van der Waals surface area contributed by atoms with Gasteiger partial charge in [-0.3, -0.25) is 4.79 Å². The fourth-order valence-corrected chi connectivity index (χ4v) is 1.97. The molecule has 0 saturated heterocycles. The predicted molar refractivity (Wildman–Crippen MR) is 69.3 cm³/mol. The van der Waals surface area contributed by atoms with Crippen molar-refractivity contribution in [2.75, 3.05) is 0 Å². The van der Waals surface area contributed by atoms with Crippen LogP contribution in [0.1, 0.15) is 10.5 Å². The molecule has 1 aromatic carbocycles. The quantitative estimate of drug-likeness (QED) is 0.681. The number of hydrogen-bond donors (Lipinski definition) is 1. The highest BCUT2D eigenvalue weighted by molar-refractivity contribution is 6.29. The molecule has 94 valence electrons. The van der Waals surface area contributed by atoms with Crippen LogP contribution in [-0.2, 0) is 0 Å². The number of H-pyrrole nitrogens is 1. The van der Waals surface area contributed by atoms with Crippen molar-refractivity contribution in [1.29, 1.82) is 0 Å². The Balaban J connectivity index is 2.22. The monoisotopic (exact) mass is 274 g/mol. The van der Waals surface area contributed by atoms with Crippen molar-refractivity contribution in [3.05, 3.63) is 58.0 Å². The Morgan fingerprint density at radius 2 is 2.05 bits per heavy atom. The zero-order valence-corrected chi connectivity index (χ0v) is 10.3. The first-order valence-electron chi connectivity index (χ1n) is 5.39. The summed E-state index contributed by atoms with van der Waals surface area (Å²) in [6.07, 6.45) is 1.18. The normalized spacial score (nSPS) is 10.8. The molecule has 0 atom stereocenters. The molecule has 19 heavy (non-hydrogen) atoms. The highest BCUT2D eigenvalue weighted by Crippen LogP contribution is 2.11. The van der Waals surface area contributed by atoms with E-state index in [9.17, 15) is 9.59 Å². The molecule has 7 heteroatoms. The zero-order chi connectivity index (χ0) is 13.4. The van der Waals surface area contributed by atoms with Crippen LogP contribution in [-0.4, -0.2) is 25.4 Å². The first-order chi connectivity index (χ1) is 9.16. The summed E-state index contributed by atoms with van der Waals surface area (Å²) in [5, 5.41) is 0.145. The van der Waals surface area contributed by atoms with Crippen molar-refractivity contribution < 1.29 is 4.79 Å². The smallest absolute Gasteiger partial charge is 0.305 e. The van der Waals surface area contributed by atoms with E-state index in [0.29, 0.717) is 11.0 Å². The number of nitrogens with one attached hydrogen (secondary N) is 1. The predicted octanol–water partition coefficient (Wildman–Crippen LogP) is 1.46. The third-order valence-electron chi connectivity index (χ3n) is 2.65. The van der Waals surface area contributed by atoms with Crippen molar-refractivity contribution in [2.45, 2.75) is 0 Å². The number of imidazole rings is 1. The van der Waals surface area contributed by atoms with Gasteiger partial charge in [-0.2, -0.15) is 0 Å². The van der Waals surface area contributed by atoms with Crippen molar-refractivity contribution in [3.8, 4) is 0 Å². The molecule has 0 bridgehead atoms. The molecular formula is C12H7ClN4O2. The molecule has 2 aromatic heterocycles. The third kappa shape index (κ3) is 1.92. The van der Waals surface area contributed by atoms with Crippen LogP contribution in [0.25, 0.3) is 11.0 Å². The highest BCUT2D eigenvalue weighted by atomic mass is 35.5. The molecule has 0 spiro atoms. The van der Waals surface area contributed by atoms with E-state index in [4.69, 9.17) is 11.6 Å². The summed E-state index contributed by atoms with van der Waals surface area (Å²) in [5.41, 5.74) is 0.626. The van der Waals surface area contributed by atoms with Gasteiger partial charge in [-0.25, -0.2) is 19.3 Å². The molecule has 0 aliphatic heterocycles. The molecular weight excluding hydrogens is 268 g/mol. The Morgan fingerprint density at radius 3 is 2.84 bits per heavy atom. The lowest BCUT2D eigenvalue weighted by Gasteiger charge is -2.01. The Bertz CT molecular complexity index is 837. The lowest BCUT2D eigenvalue weighted by atomic mass is 10.3. The van der Waals surface area contributed by atoms with Gasteiger partial charge in [0.2, 0.25) is 0 Å². The van der Waals surface area contributed by atoms with Gasteiger partial charge in [0.15, 0.2) is 0 Å². The molecule has 0 aliphatic rings. The van der Waals surface area contributed by atoms with Gasteiger partial charge in [0.05, 0.1) is 11.0 Å². The van der Waals surface area contributed by atoms with Crippen LogP contribution < -0.4 is 5.69 Å². The lowest BCUT2D eigenvalue weighted by Crippen LogP contribution is -2.25. The topological polar surface area (TPSA) is 80.6 Å². The van der Waals surface area contributed by atoms with Crippen molar-refractivity contribution in [2.24, 2.45) is 0 Å². The molecule has 0 amide bonds. The molecule has 0 radical (unpaired) electrons. The van der Waals surface area contributed by atoms with Gasteiger partial charge in [0.25, 0.3) is 5.91 Å². The van der Waals surface area contributed by atoms with Crippen LogP contribution in [0, 0.1) is 0 Å². The zero-order valence-electron chi connectivity index (χ0n) is 9.50. The summed E-state index contributed by atoms with van der Waals surface area (Å²) in [7, 11) is 0. The number of halogens is 1. The first-order valence-corrected chi connectivity index (χ1v) is 5.76. The average molecular weight is 275 g/mol. The second kappa shape index (κ2) is 4.33. The number of carbonyl (C=O) groups is 1. The van der Waals surface area contributed by atoms with E-state index in [-0.39, 0.29) is 10.8 Å². The van der Waals surface area contributed by atoms with E-state index in [1.807, 2.05) is 0 Å². The SMILES string of the molecule is O=C(c1cc(Cl)ncn1)n1c(=O)[nH]c2ccccc21. The number of nitrogens with zero attached hydrogens (tertiary/aromatic N) is 3. The number of fused-ring (bicyclic) bond motifs is 1. The van der Waals surface area contributed by atoms with Gasteiger partial charge in [-0.1, -0.05) is 23.7 Å². The first kappa shape index (κ1) is 11.6. The third-order valence-corrected chi connectivity index (χ3v) is 2.85. The molecule has 0 unspecified atom stereocenters. The molecule has 6 nitrogen and oxygen atoms in total. The molecule has 0 saturated carbocycles. The number of aromatic amines is 1. The number of carbonyl (C=O) groups excluding carboxylic acids is 1. The van der Waals surface area contributed by atoms with Gasteiger partial charge >= 0.3 is 5.69 Å². The molecule has 3 rings (SSSR count). The summed E-state index contributed by atoms with van der Waals surface area (Å²) in [6.45, 7) is 0. The van der Waals surface area contributed by atoms with Crippen LogP contribution >= 0.6 is 11.6 Å². The van der Waals surface area contributed by atoms with Crippen LogP contribution in [0.4, 0.5) is 0 Å². The van der Waals surface area contributed by atoms with Crippen LogP contribution in [0.15, 0.2) is 41.5 Å². The van der Waals surface area contributed by atoms with E-state index < -0.39 is 11.6 Å². The lowest BCUT2D eigenvalue weighted by molar-refractivity contribution is 0.0956. The van der Waals surface area contributed by atoms with Crippen LogP contribution in [0.3, 0.4) is 0 Å². The number of rotatable bonds is 1. The molecule has 0 fully saturated rings. The standard InChI is InChI=1S/C12H7ClN4O2/c13-10-5-8(14-6-15-10)11(18)17-9-4-2-1-3-7(9)16-12(17)19/h1-6H,(H,16,19). The Morgan fingerprint density at radius 1 is 1.26 bits per heavy atom. The van der Waals surface area contributed by atoms with Gasteiger partial charge in [0.1, 0.15) is 17.2 Å². The molecule has 0 aliphatic carbocycles. The maximum atomic E-state index is 12.3. The maximum Gasteiger partial charge on any atom is 0.333 e. The Labute approximate surface area is 111 Å². The number of hydrogen-bond acceptors (Lipinski definition) is 4. The largest absolute Gasteiger partial charge is 0.333 e. The van der Waals surface area contributed by atoms with Gasteiger partial charge in [-0.15, -0.1) is 0 Å². The summed E-state index contributed by atoms with van der Waals surface area (Å²) >= 11 is 5.71. The van der Waals surface area contributed by atoms with Crippen molar-refractivity contribution in [3.63, 3.8) is 0 Å². The van der Waals surface area contributed by atoms with Gasteiger partial charge in [-0.05, 0) is 12.1 Å². The fraction of sp³-hybridized carbons (Fsp3) is 0. The Kier molecular flexibility index (Phi) is 2.64. The van der Waals surface area contributed by atoms with Gasteiger partial charge in [0, 0.05) is 6.07 Å². The minimum absolute atomic E-state index is 0.0619. The summed E-state index contributed by atoms with van der Waals surface area (Å²) in [6, 6.07) is 8.22. The fourth-order valence-electron chi connectivity index (χ4n) is 1.82. The Hall–Kier alpha value is -2.47. The van der Waals surface area contributed by atoms with E-state index in [1.165, 1.54) is 12.4 Å². The maximum absolute atomic E-state index is 12.3. The van der Waals surface area contributed by atoms with E-state index in [1.54, 1.807) is 24.3 Å². The molecule has 3 aromatic rings. The second-order valence-corrected chi connectivity index (χ2v) is 4.20. The summed E-state index contributed by atoms with van der Waals surface area (Å²) in [5.74, 6) is -0.549. The van der Waals surface area contributed by atoms with E-state index in [0.717, 1.165) is 4.57 Å². The molecule has 2 heterocycles.